The van der Waals surface area contributed by atoms with Crippen LogP contribution in [0.3, 0.4) is 0 Å². The second kappa shape index (κ2) is 8.45. The lowest BCUT2D eigenvalue weighted by molar-refractivity contribution is -0.145. The van der Waals surface area contributed by atoms with Gasteiger partial charge in [0, 0.05) is 19.8 Å². The fourth-order valence-electron chi connectivity index (χ4n) is 3.68. The van der Waals surface area contributed by atoms with E-state index in [1.165, 1.54) is 5.56 Å². The Morgan fingerprint density at radius 2 is 1.96 bits per heavy atom. The van der Waals surface area contributed by atoms with Crippen LogP contribution in [0.15, 0.2) is 24.3 Å². The number of nitrogens with one attached hydrogen (secondary N) is 1. The first kappa shape index (κ1) is 17.9. The minimum Gasteiger partial charge on any atom is -0.481 e. The molecule has 1 amide bonds. The van der Waals surface area contributed by atoms with Gasteiger partial charge in [0.1, 0.15) is 0 Å². The van der Waals surface area contributed by atoms with Gasteiger partial charge in [0.2, 0.25) is 5.91 Å². The maximum absolute atomic E-state index is 12.3. The van der Waals surface area contributed by atoms with Gasteiger partial charge in [-0.2, -0.15) is 0 Å². The number of fused-ring (bicyclic) bond motifs is 1. The van der Waals surface area contributed by atoms with Gasteiger partial charge < -0.3 is 19.9 Å². The van der Waals surface area contributed by atoms with Crippen LogP contribution >= 0.6 is 0 Å². The third-order valence-electron chi connectivity index (χ3n) is 5.13. The highest BCUT2D eigenvalue weighted by Crippen LogP contribution is 2.29. The van der Waals surface area contributed by atoms with E-state index in [0.717, 1.165) is 24.8 Å². The van der Waals surface area contributed by atoms with Crippen LogP contribution in [0.1, 0.15) is 36.5 Å². The van der Waals surface area contributed by atoms with Crippen LogP contribution in [0.2, 0.25) is 0 Å². The fraction of sp³-hybridized carbons (Fsp3) is 0.579. The van der Waals surface area contributed by atoms with E-state index >= 15 is 0 Å². The zero-order valence-corrected chi connectivity index (χ0v) is 14.3. The van der Waals surface area contributed by atoms with E-state index in [-0.39, 0.29) is 30.9 Å². The van der Waals surface area contributed by atoms with Crippen molar-refractivity contribution in [2.24, 2.45) is 11.8 Å². The number of benzene rings is 1. The summed E-state index contributed by atoms with van der Waals surface area (Å²) in [6.07, 6.45) is 2.28. The molecule has 0 bridgehead atoms. The Bertz CT molecular complexity index is 612. The summed E-state index contributed by atoms with van der Waals surface area (Å²) in [6.45, 7) is 1.95. The average molecular weight is 347 g/mol. The average Bonchev–Trinajstić information content (AvgIpc) is 2.63. The van der Waals surface area contributed by atoms with Gasteiger partial charge >= 0.3 is 5.97 Å². The molecule has 2 N–H and O–H groups in total. The number of aliphatic carboxylic acids is 1. The summed E-state index contributed by atoms with van der Waals surface area (Å²) >= 11 is 0. The molecule has 0 aromatic heterocycles. The number of rotatable bonds is 6. The highest BCUT2D eigenvalue weighted by atomic mass is 16.5. The van der Waals surface area contributed by atoms with E-state index in [1.54, 1.807) is 0 Å². The van der Waals surface area contributed by atoms with Crippen LogP contribution in [0.4, 0.5) is 0 Å². The molecule has 6 nitrogen and oxygen atoms in total. The number of hydrogen-bond acceptors (Lipinski definition) is 4. The molecule has 0 spiro atoms. The predicted octanol–water partition coefficient (Wildman–Crippen LogP) is 1.93. The maximum Gasteiger partial charge on any atom is 0.308 e. The van der Waals surface area contributed by atoms with Crippen molar-refractivity contribution in [3.8, 4) is 0 Å². The second-order valence-electron chi connectivity index (χ2n) is 6.71. The monoisotopic (exact) mass is 347 g/mol. The molecule has 136 valence electrons. The van der Waals surface area contributed by atoms with Gasteiger partial charge in [-0.05, 0) is 36.3 Å². The third-order valence-corrected chi connectivity index (χ3v) is 5.13. The number of carboxylic acid groups (broad SMARTS) is 1. The van der Waals surface area contributed by atoms with Crippen molar-refractivity contribution in [2.75, 3.05) is 26.4 Å². The van der Waals surface area contributed by atoms with Gasteiger partial charge in [-0.1, -0.05) is 24.3 Å². The van der Waals surface area contributed by atoms with Crippen LogP contribution in [-0.2, 0) is 25.5 Å². The third kappa shape index (κ3) is 4.58. The van der Waals surface area contributed by atoms with Crippen molar-refractivity contribution < 1.29 is 24.2 Å². The predicted molar refractivity (Wildman–Crippen MR) is 91.1 cm³/mol. The Hall–Kier alpha value is -1.92. The Kier molecular flexibility index (Phi) is 6.04. The standard InChI is InChI=1S/C19H25NO5/c21-18(11-17-15-4-2-1-3-13(15)7-10-25-17)20-12-16(19(22)23)14-5-8-24-9-6-14/h1-4,14,16-17H,5-12H2,(H,20,21)(H,22,23). The molecule has 1 fully saturated rings. The minimum absolute atomic E-state index is 0.0539. The first-order valence-electron chi connectivity index (χ1n) is 8.92. The lowest BCUT2D eigenvalue weighted by Crippen LogP contribution is -2.39. The lowest BCUT2D eigenvalue weighted by atomic mass is 9.86. The van der Waals surface area contributed by atoms with Crippen LogP contribution in [0.5, 0.6) is 0 Å². The van der Waals surface area contributed by atoms with E-state index < -0.39 is 11.9 Å². The van der Waals surface area contributed by atoms with Crippen molar-refractivity contribution >= 4 is 11.9 Å². The topological polar surface area (TPSA) is 84.9 Å². The van der Waals surface area contributed by atoms with Crippen LogP contribution in [0, 0.1) is 11.8 Å². The number of carbonyl (C=O) groups excluding carboxylic acids is 1. The van der Waals surface area contributed by atoms with E-state index in [2.05, 4.69) is 11.4 Å². The van der Waals surface area contributed by atoms with Crippen molar-refractivity contribution in [1.82, 2.24) is 5.32 Å². The molecular weight excluding hydrogens is 322 g/mol. The highest BCUT2D eigenvalue weighted by Gasteiger charge is 2.30. The molecule has 2 atom stereocenters. The Morgan fingerprint density at radius 1 is 1.20 bits per heavy atom. The van der Waals surface area contributed by atoms with Crippen molar-refractivity contribution in [1.29, 1.82) is 0 Å². The summed E-state index contributed by atoms with van der Waals surface area (Å²) in [4.78, 5) is 23.9. The molecule has 25 heavy (non-hydrogen) atoms. The molecule has 0 radical (unpaired) electrons. The molecule has 1 aromatic carbocycles. The number of hydrogen-bond donors (Lipinski definition) is 2. The van der Waals surface area contributed by atoms with Crippen molar-refractivity contribution in [2.45, 2.75) is 31.8 Å². The SMILES string of the molecule is O=C(CC1OCCc2ccccc21)NCC(C(=O)O)C1CCOCC1. The smallest absolute Gasteiger partial charge is 0.308 e. The molecule has 2 unspecified atom stereocenters. The van der Waals surface area contributed by atoms with Crippen LogP contribution < -0.4 is 5.32 Å². The number of carboxylic acids is 1. The Morgan fingerprint density at radius 3 is 2.72 bits per heavy atom. The maximum atomic E-state index is 12.3. The molecule has 2 heterocycles. The molecule has 6 heteroatoms. The van der Waals surface area contributed by atoms with Gasteiger partial charge in [-0.15, -0.1) is 0 Å². The molecule has 3 rings (SSSR count). The fourth-order valence-corrected chi connectivity index (χ4v) is 3.68. The quantitative estimate of drug-likeness (QED) is 0.821. The van der Waals surface area contributed by atoms with Crippen molar-refractivity contribution in [3.63, 3.8) is 0 Å². The zero-order valence-electron chi connectivity index (χ0n) is 14.3. The Labute approximate surface area is 147 Å². The molecule has 2 aliphatic heterocycles. The minimum atomic E-state index is -0.855. The van der Waals surface area contributed by atoms with Gasteiger partial charge in [0.25, 0.3) is 0 Å². The highest BCUT2D eigenvalue weighted by molar-refractivity contribution is 5.78. The summed E-state index contributed by atoms with van der Waals surface area (Å²) in [5.74, 6) is -1.53. The van der Waals surface area contributed by atoms with E-state index in [4.69, 9.17) is 9.47 Å². The van der Waals surface area contributed by atoms with Gasteiger partial charge in [0.15, 0.2) is 0 Å². The molecule has 0 saturated carbocycles. The van der Waals surface area contributed by atoms with Gasteiger partial charge in [-0.3, -0.25) is 9.59 Å². The number of carbonyl (C=O) groups is 2. The van der Waals surface area contributed by atoms with E-state index in [0.29, 0.717) is 19.8 Å². The summed E-state index contributed by atoms with van der Waals surface area (Å²) in [5, 5.41) is 12.3. The van der Waals surface area contributed by atoms with E-state index in [1.807, 2.05) is 18.2 Å². The normalized spacial score (nSPS) is 22.0. The van der Waals surface area contributed by atoms with Crippen molar-refractivity contribution in [3.05, 3.63) is 35.4 Å². The summed E-state index contributed by atoms with van der Waals surface area (Å²) in [6, 6.07) is 8.00. The van der Waals surface area contributed by atoms with Gasteiger partial charge in [0.05, 0.1) is 25.0 Å². The molecule has 2 aliphatic rings. The second-order valence-corrected chi connectivity index (χ2v) is 6.71. The largest absolute Gasteiger partial charge is 0.481 e. The molecular formula is C19H25NO5. The zero-order chi connectivity index (χ0) is 17.6. The van der Waals surface area contributed by atoms with E-state index in [9.17, 15) is 14.7 Å². The Balaban J connectivity index is 1.54. The summed E-state index contributed by atoms with van der Waals surface area (Å²) < 4.78 is 11.0. The van der Waals surface area contributed by atoms with Gasteiger partial charge in [-0.25, -0.2) is 0 Å². The lowest BCUT2D eigenvalue weighted by Gasteiger charge is -2.28. The summed E-state index contributed by atoms with van der Waals surface area (Å²) in [5.41, 5.74) is 2.28. The molecule has 1 aromatic rings. The molecule has 0 aliphatic carbocycles. The number of ether oxygens (including phenoxy) is 2. The molecule has 1 saturated heterocycles. The summed E-state index contributed by atoms with van der Waals surface area (Å²) in [7, 11) is 0. The van der Waals surface area contributed by atoms with Crippen LogP contribution in [-0.4, -0.2) is 43.3 Å². The number of amides is 1. The first-order valence-corrected chi connectivity index (χ1v) is 8.92. The first-order chi connectivity index (χ1) is 12.1. The van der Waals surface area contributed by atoms with Crippen LogP contribution in [0.25, 0.3) is 0 Å².